The van der Waals surface area contributed by atoms with E-state index in [1.165, 1.54) is 11.1 Å². The van der Waals surface area contributed by atoms with Crippen molar-refractivity contribution in [2.24, 2.45) is 0 Å². The van der Waals surface area contributed by atoms with Crippen molar-refractivity contribution in [2.45, 2.75) is 13.3 Å². The van der Waals surface area contributed by atoms with Gasteiger partial charge in [-0.3, -0.25) is 0 Å². The van der Waals surface area contributed by atoms with Crippen molar-refractivity contribution in [2.75, 3.05) is 0 Å². The zero-order valence-corrected chi connectivity index (χ0v) is 10.2. The fourth-order valence-corrected chi connectivity index (χ4v) is 2.25. The van der Waals surface area contributed by atoms with E-state index in [0.29, 0.717) is 0 Å². The highest BCUT2D eigenvalue weighted by Gasteiger charge is 2.09. The van der Waals surface area contributed by atoms with Crippen LogP contribution in [0.15, 0.2) is 48.5 Å². The maximum Gasteiger partial charge on any atom is 0.363 e. The Morgan fingerprint density at radius 1 is 0.938 bits per heavy atom. The normalized spacial score (nSPS) is 10.6. The molecule has 0 bridgehead atoms. The summed E-state index contributed by atoms with van der Waals surface area (Å²) in [4.78, 5) is 0. The van der Waals surface area contributed by atoms with E-state index < -0.39 is 0 Å². The summed E-state index contributed by atoms with van der Waals surface area (Å²) < 4.78 is 11.1. The van der Waals surface area contributed by atoms with Gasteiger partial charge in [0.25, 0.3) is 0 Å². The molecule has 0 heterocycles. The molecule has 0 aromatic heterocycles. The van der Waals surface area contributed by atoms with Crippen LogP contribution >= 0.6 is 8.46 Å². The van der Waals surface area contributed by atoms with E-state index in [0.717, 1.165) is 17.3 Å². The summed E-state index contributed by atoms with van der Waals surface area (Å²) in [5.41, 5.74) is 3.74. The van der Waals surface area contributed by atoms with E-state index in [9.17, 15) is 4.57 Å². The molecule has 2 heteroatoms. The largest absolute Gasteiger partial charge is 0.363 e. The lowest BCUT2D eigenvalue weighted by Crippen LogP contribution is -2.03. The lowest BCUT2D eigenvalue weighted by Gasteiger charge is -2.04. The van der Waals surface area contributed by atoms with Crippen LogP contribution in [0.1, 0.15) is 16.7 Å². The first-order valence-electron chi connectivity index (χ1n) is 5.32. The van der Waals surface area contributed by atoms with Crippen LogP contribution in [0.25, 0.3) is 0 Å². The third-order valence-electron chi connectivity index (χ3n) is 2.77. The highest BCUT2D eigenvalue weighted by atomic mass is 31.1. The molecule has 0 N–H and O–H groups in total. The molecule has 1 unspecified atom stereocenters. The Labute approximate surface area is 97.3 Å². The molecule has 0 aliphatic carbocycles. The molecule has 1 atom stereocenters. The Hall–Kier alpha value is -1.46. The molecule has 0 amide bonds. The smallest absolute Gasteiger partial charge is 0.0707 e. The second kappa shape index (κ2) is 5.05. The van der Waals surface area contributed by atoms with E-state index in [-0.39, 0.29) is 8.46 Å². The van der Waals surface area contributed by atoms with Gasteiger partial charge in [-0.25, -0.2) is 0 Å². The minimum atomic E-state index is -0.373. The SMILES string of the molecule is Cc1ccccc1Cc1ccccc1[PH+]=O. The second-order valence-electron chi connectivity index (χ2n) is 3.86. The number of rotatable bonds is 3. The molecule has 0 saturated heterocycles. The zero-order valence-electron chi connectivity index (χ0n) is 9.23. The van der Waals surface area contributed by atoms with Gasteiger partial charge in [0.15, 0.2) is 5.30 Å². The lowest BCUT2D eigenvalue weighted by atomic mass is 10.0. The summed E-state index contributed by atoms with van der Waals surface area (Å²) in [6.07, 6.45) is 0.859. The molecule has 0 spiro atoms. The van der Waals surface area contributed by atoms with E-state index >= 15 is 0 Å². The average Bonchev–Trinajstić information content (AvgIpc) is 2.33. The van der Waals surface area contributed by atoms with Gasteiger partial charge in [0, 0.05) is 12.0 Å². The maximum atomic E-state index is 11.1. The van der Waals surface area contributed by atoms with Crippen molar-refractivity contribution < 1.29 is 4.57 Å². The Balaban J connectivity index is 2.34. The number of hydrogen-bond donors (Lipinski definition) is 0. The number of benzene rings is 2. The molecular formula is C14H14OP+. The summed E-state index contributed by atoms with van der Waals surface area (Å²) in [6.45, 7) is 2.11. The fraction of sp³-hybridized carbons (Fsp3) is 0.143. The Morgan fingerprint density at radius 2 is 1.56 bits per heavy atom. The Morgan fingerprint density at radius 3 is 2.25 bits per heavy atom. The minimum absolute atomic E-state index is 0.373. The summed E-state index contributed by atoms with van der Waals surface area (Å²) in [5, 5.41) is 0.936. The van der Waals surface area contributed by atoms with Crippen molar-refractivity contribution >= 4 is 13.8 Å². The van der Waals surface area contributed by atoms with Gasteiger partial charge in [-0.1, -0.05) is 47.0 Å². The monoisotopic (exact) mass is 229 g/mol. The maximum absolute atomic E-state index is 11.1. The van der Waals surface area contributed by atoms with Gasteiger partial charge >= 0.3 is 8.46 Å². The summed E-state index contributed by atoms with van der Waals surface area (Å²) in [6, 6.07) is 16.2. The first-order chi connectivity index (χ1) is 7.81. The summed E-state index contributed by atoms with van der Waals surface area (Å²) in [7, 11) is -0.373. The van der Waals surface area contributed by atoms with Gasteiger partial charge in [0.1, 0.15) is 0 Å². The van der Waals surface area contributed by atoms with Crippen LogP contribution in [0.3, 0.4) is 0 Å². The van der Waals surface area contributed by atoms with Crippen molar-refractivity contribution in [1.29, 1.82) is 0 Å². The van der Waals surface area contributed by atoms with E-state index in [1.54, 1.807) is 0 Å². The molecule has 2 aromatic carbocycles. The van der Waals surface area contributed by atoms with Crippen LogP contribution < -0.4 is 5.30 Å². The van der Waals surface area contributed by atoms with Gasteiger partial charge in [0.2, 0.25) is 0 Å². The number of hydrogen-bond acceptors (Lipinski definition) is 1. The molecule has 0 aliphatic heterocycles. The van der Waals surface area contributed by atoms with Gasteiger partial charge in [-0.05, 0) is 24.1 Å². The van der Waals surface area contributed by atoms with E-state index in [4.69, 9.17) is 0 Å². The molecule has 80 valence electrons. The van der Waals surface area contributed by atoms with E-state index in [1.807, 2.05) is 36.4 Å². The predicted molar refractivity (Wildman–Crippen MR) is 69.1 cm³/mol. The van der Waals surface area contributed by atoms with Crippen molar-refractivity contribution in [3.05, 3.63) is 65.2 Å². The molecule has 1 nitrogen and oxygen atoms in total. The third-order valence-corrected chi connectivity index (χ3v) is 3.48. The molecule has 0 aliphatic rings. The molecule has 0 saturated carbocycles. The molecule has 2 rings (SSSR count). The highest BCUT2D eigenvalue weighted by molar-refractivity contribution is 7.34. The fourth-order valence-electron chi connectivity index (χ4n) is 1.79. The molecule has 2 aromatic rings. The van der Waals surface area contributed by atoms with Crippen LogP contribution in [0.2, 0.25) is 0 Å². The summed E-state index contributed by atoms with van der Waals surface area (Å²) >= 11 is 0. The number of aryl methyl sites for hydroxylation is 1. The molecule has 0 radical (unpaired) electrons. The van der Waals surface area contributed by atoms with Crippen LogP contribution in [0, 0.1) is 6.92 Å². The lowest BCUT2D eigenvalue weighted by molar-refractivity contribution is 0.603. The van der Waals surface area contributed by atoms with Gasteiger partial charge in [0.05, 0.1) is 0 Å². The van der Waals surface area contributed by atoms with E-state index in [2.05, 4.69) is 19.1 Å². The second-order valence-corrected chi connectivity index (χ2v) is 4.61. The average molecular weight is 229 g/mol. The Bertz CT molecular complexity index is 506. The predicted octanol–water partition coefficient (Wildman–Crippen LogP) is 3.24. The standard InChI is InChI=1S/C14H13OP/c1-11-6-2-3-7-12(11)10-13-8-4-5-9-14(13)16-15/h2-9H,10H2,1H3/p+1. The first-order valence-corrected chi connectivity index (χ1v) is 6.22. The van der Waals surface area contributed by atoms with Gasteiger partial charge < -0.3 is 0 Å². The van der Waals surface area contributed by atoms with Crippen LogP contribution in [0.5, 0.6) is 0 Å². The summed E-state index contributed by atoms with van der Waals surface area (Å²) in [5.74, 6) is 0. The topological polar surface area (TPSA) is 17.1 Å². The van der Waals surface area contributed by atoms with Crippen molar-refractivity contribution in [3.63, 3.8) is 0 Å². The molecular weight excluding hydrogens is 215 g/mol. The van der Waals surface area contributed by atoms with Gasteiger partial charge in [-0.15, -0.1) is 0 Å². The minimum Gasteiger partial charge on any atom is -0.0707 e. The highest BCUT2D eigenvalue weighted by Crippen LogP contribution is 2.14. The third kappa shape index (κ3) is 2.37. The zero-order chi connectivity index (χ0) is 11.4. The van der Waals surface area contributed by atoms with Crippen LogP contribution in [0.4, 0.5) is 0 Å². The first kappa shape index (κ1) is 11.0. The van der Waals surface area contributed by atoms with Crippen LogP contribution in [-0.2, 0) is 11.0 Å². The molecule has 0 fully saturated rings. The molecule has 16 heavy (non-hydrogen) atoms. The quantitative estimate of drug-likeness (QED) is 0.738. The van der Waals surface area contributed by atoms with Crippen molar-refractivity contribution in [3.8, 4) is 0 Å². The van der Waals surface area contributed by atoms with Crippen molar-refractivity contribution in [1.82, 2.24) is 0 Å². The van der Waals surface area contributed by atoms with Crippen LogP contribution in [-0.4, -0.2) is 0 Å². The van der Waals surface area contributed by atoms with Gasteiger partial charge in [-0.2, -0.15) is 0 Å². The Kier molecular flexibility index (Phi) is 3.48.